The largest absolute Gasteiger partial charge is 0.496 e. The molecule has 0 radical (unpaired) electrons. The van der Waals surface area contributed by atoms with Gasteiger partial charge in [0.1, 0.15) is 5.75 Å². The average molecular weight is 311 g/mol. The maximum atomic E-state index is 12.4. The van der Waals surface area contributed by atoms with Crippen LogP contribution in [0.5, 0.6) is 5.75 Å². The highest BCUT2D eigenvalue weighted by Crippen LogP contribution is 2.30. The quantitative estimate of drug-likeness (QED) is 0.870. The summed E-state index contributed by atoms with van der Waals surface area (Å²) in [5.74, 6) is 0.245. The number of halogens is 1. The molecule has 1 unspecified atom stereocenters. The Labute approximate surface area is 129 Å². The Kier molecular flexibility index (Phi) is 4.90. The van der Waals surface area contributed by atoms with Gasteiger partial charge in [0.05, 0.1) is 36.0 Å². The second-order valence-corrected chi connectivity index (χ2v) is 5.04. The third-order valence-electron chi connectivity index (χ3n) is 3.30. The molecule has 21 heavy (non-hydrogen) atoms. The van der Waals surface area contributed by atoms with Crippen molar-refractivity contribution in [3.05, 3.63) is 22.7 Å². The normalized spacial score (nSPS) is 17.0. The van der Waals surface area contributed by atoms with Gasteiger partial charge in [0.2, 0.25) is 0 Å². The number of hydrazone groups is 1. The molecule has 6 nitrogen and oxygen atoms in total. The van der Waals surface area contributed by atoms with Crippen molar-refractivity contribution in [1.29, 1.82) is 0 Å². The zero-order chi connectivity index (χ0) is 15.4. The molecule has 1 heterocycles. The van der Waals surface area contributed by atoms with E-state index in [1.165, 1.54) is 7.11 Å². The second-order valence-electron chi connectivity index (χ2n) is 4.63. The Hall–Kier alpha value is -1.95. The lowest BCUT2D eigenvalue weighted by molar-refractivity contribution is 0.0941. The van der Waals surface area contributed by atoms with E-state index in [0.29, 0.717) is 28.6 Å². The van der Waals surface area contributed by atoms with Crippen molar-refractivity contribution in [3.63, 3.8) is 0 Å². The number of methoxy groups -OCH3 is 1. The first-order chi connectivity index (χ1) is 10.1. The summed E-state index contributed by atoms with van der Waals surface area (Å²) in [6, 6.07) is 3.20. The maximum Gasteiger partial charge on any atom is 0.255 e. The predicted molar refractivity (Wildman–Crippen MR) is 84.5 cm³/mol. The van der Waals surface area contributed by atoms with Crippen LogP contribution in [0.2, 0.25) is 5.02 Å². The van der Waals surface area contributed by atoms with Crippen molar-refractivity contribution in [2.45, 2.75) is 13.0 Å². The summed E-state index contributed by atoms with van der Waals surface area (Å²) in [4.78, 5) is 12.4. The van der Waals surface area contributed by atoms with E-state index in [0.717, 1.165) is 6.54 Å². The predicted octanol–water partition coefficient (Wildman–Crippen LogP) is 1.81. The smallest absolute Gasteiger partial charge is 0.255 e. The number of benzene rings is 1. The fourth-order valence-electron chi connectivity index (χ4n) is 2.13. The fraction of sp³-hybridized carbons (Fsp3) is 0.429. The Bertz CT molecular complexity index is 562. The third-order valence-corrected chi connectivity index (χ3v) is 3.61. The van der Waals surface area contributed by atoms with Crippen LogP contribution < -0.4 is 15.4 Å². The summed E-state index contributed by atoms with van der Waals surface area (Å²) in [5.41, 5.74) is 1.12. The van der Waals surface area contributed by atoms with Gasteiger partial charge in [-0.2, -0.15) is 5.10 Å². The lowest BCUT2D eigenvalue weighted by atomic mass is 10.1. The Balaban J connectivity index is 2.16. The third kappa shape index (κ3) is 3.39. The van der Waals surface area contributed by atoms with Gasteiger partial charge in [0.15, 0.2) is 0 Å². The SMILES string of the molecule is CCN1CC(NC(=O)c2cc(Cl)c(NC)cc2OC)C=N1. The lowest BCUT2D eigenvalue weighted by Crippen LogP contribution is -2.39. The second kappa shape index (κ2) is 6.67. The number of hydrogen-bond acceptors (Lipinski definition) is 5. The van der Waals surface area contributed by atoms with Crippen LogP contribution in [0.25, 0.3) is 0 Å². The van der Waals surface area contributed by atoms with E-state index < -0.39 is 0 Å². The molecule has 1 aromatic rings. The number of carbonyl (C=O) groups is 1. The minimum Gasteiger partial charge on any atom is -0.496 e. The van der Waals surface area contributed by atoms with Crippen molar-refractivity contribution in [2.24, 2.45) is 5.10 Å². The highest BCUT2D eigenvalue weighted by atomic mass is 35.5. The number of nitrogens with zero attached hydrogens (tertiary/aromatic N) is 2. The summed E-state index contributed by atoms with van der Waals surface area (Å²) in [5, 5.41) is 12.4. The van der Waals surface area contributed by atoms with Crippen LogP contribution >= 0.6 is 11.6 Å². The monoisotopic (exact) mass is 310 g/mol. The maximum absolute atomic E-state index is 12.4. The molecule has 0 spiro atoms. The van der Waals surface area contributed by atoms with Gasteiger partial charge in [0.25, 0.3) is 5.91 Å². The summed E-state index contributed by atoms with van der Waals surface area (Å²) in [7, 11) is 3.28. The average Bonchev–Trinajstić information content (AvgIpc) is 2.94. The van der Waals surface area contributed by atoms with Crippen molar-refractivity contribution in [2.75, 3.05) is 32.6 Å². The number of rotatable bonds is 5. The Morgan fingerprint density at radius 3 is 2.90 bits per heavy atom. The first-order valence-corrected chi connectivity index (χ1v) is 7.12. The number of anilines is 1. The lowest BCUT2D eigenvalue weighted by Gasteiger charge is -2.16. The molecular weight excluding hydrogens is 292 g/mol. The summed E-state index contributed by atoms with van der Waals surface area (Å²) in [6.07, 6.45) is 1.73. The Morgan fingerprint density at radius 1 is 1.57 bits per heavy atom. The van der Waals surface area contributed by atoms with Gasteiger partial charge >= 0.3 is 0 Å². The van der Waals surface area contributed by atoms with E-state index in [2.05, 4.69) is 15.7 Å². The summed E-state index contributed by atoms with van der Waals surface area (Å²) < 4.78 is 5.27. The molecule has 0 aliphatic carbocycles. The van der Waals surface area contributed by atoms with Gasteiger partial charge < -0.3 is 15.4 Å². The first-order valence-electron chi connectivity index (χ1n) is 6.74. The number of amides is 1. The van der Waals surface area contributed by atoms with Gasteiger partial charge in [-0.3, -0.25) is 9.80 Å². The van der Waals surface area contributed by atoms with Crippen LogP contribution in [-0.2, 0) is 0 Å². The highest BCUT2D eigenvalue weighted by molar-refractivity contribution is 6.33. The number of ether oxygens (including phenoxy) is 1. The van der Waals surface area contributed by atoms with Crippen LogP contribution in [0, 0.1) is 0 Å². The number of likely N-dealkylation sites (N-methyl/N-ethyl adjacent to an activating group) is 1. The van der Waals surface area contributed by atoms with Crippen LogP contribution in [0.4, 0.5) is 5.69 Å². The van der Waals surface area contributed by atoms with Gasteiger partial charge in [-0.25, -0.2) is 0 Å². The van der Waals surface area contributed by atoms with E-state index in [1.807, 2.05) is 11.9 Å². The molecule has 1 aliphatic rings. The summed E-state index contributed by atoms with van der Waals surface area (Å²) in [6.45, 7) is 3.50. The zero-order valence-corrected chi connectivity index (χ0v) is 13.1. The molecule has 114 valence electrons. The number of nitrogens with one attached hydrogen (secondary N) is 2. The van der Waals surface area contributed by atoms with Gasteiger partial charge in [-0.05, 0) is 13.0 Å². The van der Waals surface area contributed by atoms with E-state index in [4.69, 9.17) is 16.3 Å². The van der Waals surface area contributed by atoms with Crippen molar-refractivity contribution >= 4 is 29.4 Å². The molecule has 0 saturated carbocycles. The van der Waals surface area contributed by atoms with Crippen LogP contribution in [0.3, 0.4) is 0 Å². The van der Waals surface area contributed by atoms with Crippen LogP contribution in [-0.4, -0.2) is 50.4 Å². The van der Waals surface area contributed by atoms with Crippen LogP contribution in [0.1, 0.15) is 17.3 Å². The topological polar surface area (TPSA) is 66.0 Å². The Morgan fingerprint density at radius 2 is 2.33 bits per heavy atom. The summed E-state index contributed by atoms with van der Waals surface area (Å²) >= 11 is 6.13. The molecule has 0 aromatic heterocycles. The van der Waals surface area contributed by atoms with Crippen LogP contribution in [0.15, 0.2) is 17.2 Å². The molecule has 2 rings (SSSR count). The van der Waals surface area contributed by atoms with Gasteiger partial charge in [-0.1, -0.05) is 11.6 Å². The molecule has 0 fully saturated rings. The molecule has 1 amide bonds. The number of carbonyl (C=O) groups excluding carboxylic acids is 1. The first kappa shape index (κ1) is 15.4. The zero-order valence-electron chi connectivity index (χ0n) is 12.3. The molecule has 0 saturated heterocycles. The van der Waals surface area contributed by atoms with Crippen molar-refractivity contribution in [3.8, 4) is 5.75 Å². The van der Waals surface area contributed by atoms with Gasteiger partial charge in [-0.15, -0.1) is 0 Å². The molecule has 1 atom stereocenters. The van der Waals surface area contributed by atoms with E-state index in [-0.39, 0.29) is 11.9 Å². The van der Waals surface area contributed by atoms with Gasteiger partial charge in [0, 0.05) is 25.9 Å². The molecule has 1 aliphatic heterocycles. The fourth-order valence-corrected chi connectivity index (χ4v) is 2.39. The van der Waals surface area contributed by atoms with Crippen molar-refractivity contribution < 1.29 is 9.53 Å². The standard InChI is InChI=1S/C14H19ClN4O2/c1-4-19-8-9(7-17-19)18-14(20)10-5-11(15)12(16-2)6-13(10)21-3/h5-7,9,16H,4,8H2,1-3H3,(H,18,20). The molecule has 0 bridgehead atoms. The molecule has 7 heteroatoms. The van der Waals surface area contributed by atoms with Crippen molar-refractivity contribution in [1.82, 2.24) is 10.3 Å². The minimum absolute atomic E-state index is 0.107. The molecular formula is C14H19ClN4O2. The van der Waals surface area contributed by atoms with E-state index in [9.17, 15) is 4.79 Å². The molecule has 2 N–H and O–H groups in total. The van der Waals surface area contributed by atoms with E-state index >= 15 is 0 Å². The number of hydrogen-bond donors (Lipinski definition) is 2. The highest BCUT2D eigenvalue weighted by Gasteiger charge is 2.22. The minimum atomic E-state index is -0.231. The molecule has 1 aromatic carbocycles. The van der Waals surface area contributed by atoms with E-state index in [1.54, 1.807) is 25.4 Å².